The molecule has 0 bridgehead atoms. The van der Waals surface area contributed by atoms with Crippen LogP contribution in [-0.4, -0.2) is 44.4 Å². The van der Waals surface area contributed by atoms with Gasteiger partial charge >= 0.3 is 0 Å². The molecule has 1 aliphatic heterocycles. The van der Waals surface area contributed by atoms with E-state index in [9.17, 15) is 0 Å². The highest BCUT2D eigenvalue weighted by molar-refractivity contribution is 5.48. The van der Waals surface area contributed by atoms with E-state index in [0.29, 0.717) is 0 Å². The predicted octanol–water partition coefficient (Wildman–Crippen LogP) is 1.42. The van der Waals surface area contributed by atoms with Crippen LogP contribution in [-0.2, 0) is 16.0 Å². The minimum absolute atomic E-state index is 0.154. The van der Waals surface area contributed by atoms with Crippen LogP contribution in [0.25, 0.3) is 0 Å². The van der Waals surface area contributed by atoms with E-state index in [1.807, 2.05) is 12.1 Å². The molecule has 2 rings (SSSR count). The van der Waals surface area contributed by atoms with Gasteiger partial charge in [-0.15, -0.1) is 0 Å². The molecule has 0 saturated carbocycles. The molecule has 1 aromatic rings. The molecular weight excluding hydrogens is 228 g/mol. The van der Waals surface area contributed by atoms with Gasteiger partial charge in [-0.2, -0.15) is 0 Å². The third-order valence-electron chi connectivity index (χ3n) is 3.59. The molecule has 18 heavy (non-hydrogen) atoms. The first-order chi connectivity index (χ1) is 8.63. The molecule has 1 saturated heterocycles. The molecule has 1 aliphatic rings. The quantitative estimate of drug-likeness (QED) is 0.821. The fraction of sp³-hybridized carbons (Fsp3) is 0.571. The molecule has 0 radical (unpaired) electrons. The van der Waals surface area contributed by atoms with Crippen LogP contribution < -0.4 is 5.73 Å². The van der Waals surface area contributed by atoms with Crippen molar-refractivity contribution in [2.24, 2.45) is 0 Å². The van der Waals surface area contributed by atoms with Crippen molar-refractivity contribution >= 4 is 5.69 Å². The molecule has 2 atom stereocenters. The normalized spacial score (nSPS) is 24.6. The van der Waals surface area contributed by atoms with Crippen molar-refractivity contribution in [1.29, 1.82) is 0 Å². The molecule has 0 spiro atoms. The van der Waals surface area contributed by atoms with Gasteiger partial charge in [-0.25, -0.2) is 0 Å². The van der Waals surface area contributed by atoms with Crippen LogP contribution in [0.3, 0.4) is 0 Å². The summed E-state index contributed by atoms with van der Waals surface area (Å²) in [4.78, 5) is 2.33. The Morgan fingerprint density at radius 2 is 1.83 bits per heavy atom. The fourth-order valence-electron chi connectivity index (χ4n) is 2.51. The molecule has 2 unspecified atom stereocenters. The van der Waals surface area contributed by atoms with Crippen molar-refractivity contribution < 1.29 is 9.47 Å². The molecule has 0 aliphatic carbocycles. The summed E-state index contributed by atoms with van der Waals surface area (Å²) in [7, 11) is 3.47. The molecule has 1 aromatic carbocycles. The molecule has 100 valence electrons. The first kappa shape index (κ1) is 13.3. The maximum absolute atomic E-state index is 6.01. The second-order valence-corrected chi connectivity index (χ2v) is 4.94. The molecule has 4 heteroatoms. The smallest absolute Gasteiger partial charge is 0.0971 e. The summed E-state index contributed by atoms with van der Waals surface area (Å²) in [5.41, 5.74) is 9.29. The van der Waals surface area contributed by atoms with Crippen LogP contribution in [0, 0.1) is 6.92 Å². The molecule has 1 heterocycles. The fourth-order valence-corrected chi connectivity index (χ4v) is 2.51. The van der Waals surface area contributed by atoms with Gasteiger partial charge in [0.25, 0.3) is 0 Å². The molecule has 2 N–H and O–H groups in total. The zero-order chi connectivity index (χ0) is 13.1. The molecule has 1 fully saturated rings. The van der Waals surface area contributed by atoms with Crippen molar-refractivity contribution in [3.8, 4) is 0 Å². The number of aryl methyl sites for hydroxylation is 1. The van der Waals surface area contributed by atoms with Gasteiger partial charge in [0.15, 0.2) is 0 Å². The summed E-state index contributed by atoms with van der Waals surface area (Å²) in [6.45, 7) is 4.72. The maximum Gasteiger partial charge on any atom is 0.0971 e. The zero-order valence-corrected chi connectivity index (χ0v) is 11.3. The van der Waals surface area contributed by atoms with Gasteiger partial charge in [0.05, 0.1) is 12.2 Å². The summed E-state index contributed by atoms with van der Waals surface area (Å²) in [5, 5.41) is 0. The predicted molar refractivity (Wildman–Crippen MR) is 72.5 cm³/mol. The summed E-state index contributed by atoms with van der Waals surface area (Å²) < 4.78 is 10.9. The molecular formula is C14H22N2O2. The van der Waals surface area contributed by atoms with Gasteiger partial charge in [-0.3, -0.25) is 4.90 Å². The van der Waals surface area contributed by atoms with E-state index in [1.54, 1.807) is 14.2 Å². The first-order valence-corrected chi connectivity index (χ1v) is 6.27. The number of hydrogen-bond donors (Lipinski definition) is 1. The number of rotatable bonds is 4. The first-order valence-electron chi connectivity index (χ1n) is 6.27. The topological polar surface area (TPSA) is 47.7 Å². The number of ether oxygens (including phenoxy) is 2. The second-order valence-electron chi connectivity index (χ2n) is 4.94. The monoisotopic (exact) mass is 250 g/mol. The van der Waals surface area contributed by atoms with E-state index >= 15 is 0 Å². The van der Waals surface area contributed by atoms with E-state index in [1.165, 1.54) is 11.1 Å². The highest BCUT2D eigenvalue weighted by Gasteiger charge is 2.32. The number of likely N-dealkylation sites (tertiary alicyclic amines) is 1. The Kier molecular flexibility index (Phi) is 4.22. The SMILES string of the molecule is COC1CN(Cc2cc(C)ccc2N)CC1OC. The summed E-state index contributed by atoms with van der Waals surface area (Å²) in [6.07, 6.45) is 0.307. The standard InChI is InChI=1S/C14H22N2O2/c1-10-4-5-12(15)11(6-10)7-16-8-13(17-2)14(9-16)18-3/h4-6,13-14H,7-9,15H2,1-3H3. The van der Waals surface area contributed by atoms with Crippen molar-refractivity contribution in [3.63, 3.8) is 0 Å². The lowest BCUT2D eigenvalue weighted by molar-refractivity contribution is -0.00461. The largest absolute Gasteiger partial charge is 0.398 e. The lowest BCUT2D eigenvalue weighted by atomic mass is 10.1. The van der Waals surface area contributed by atoms with Crippen LogP contribution in [0.15, 0.2) is 18.2 Å². The van der Waals surface area contributed by atoms with Gasteiger partial charge < -0.3 is 15.2 Å². The van der Waals surface area contributed by atoms with Crippen LogP contribution in [0.2, 0.25) is 0 Å². The van der Waals surface area contributed by atoms with E-state index in [0.717, 1.165) is 25.3 Å². The van der Waals surface area contributed by atoms with Gasteiger partial charge in [-0.1, -0.05) is 17.7 Å². The lowest BCUT2D eigenvalue weighted by Gasteiger charge is -2.17. The molecule has 4 nitrogen and oxygen atoms in total. The minimum Gasteiger partial charge on any atom is -0.398 e. The Morgan fingerprint density at radius 1 is 1.22 bits per heavy atom. The minimum atomic E-state index is 0.154. The van der Waals surface area contributed by atoms with Gasteiger partial charge in [0.1, 0.15) is 0 Å². The second kappa shape index (κ2) is 5.69. The lowest BCUT2D eigenvalue weighted by Crippen LogP contribution is -2.27. The number of nitrogen functional groups attached to an aromatic ring is 1. The zero-order valence-electron chi connectivity index (χ0n) is 11.3. The van der Waals surface area contributed by atoms with Crippen molar-refractivity contribution in [2.75, 3.05) is 33.0 Å². The van der Waals surface area contributed by atoms with Gasteiger partial charge in [0, 0.05) is 39.5 Å². The highest BCUT2D eigenvalue weighted by atomic mass is 16.5. The van der Waals surface area contributed by atoms with Crippen molar-refractivity contribution in [2.45, 2.75) is 25.7 Å². The number of nitrogens with zero attached hydrogens (tertiary/aromatic N) is 1. The maximum atomic E-state index is 6.01. The van der Waals surface area contributed by atoms with Crippen LogP contribution in [0.5, 0.6) is 0 Å². The number of anilines is 1. The number of nitrogens with two attached hydrogens (primary N) is 1. The van der Waals surface area contributed by atoms with Crippen molar-refractivity contribution in [1.82, 2.24) is 4.90 Å². The number of hydrogen-bond acceptors (Lipinski definition) is 4. The van der Waals surface area contributed by atoms with Gasteiger partial charge in [0.2, 0.25) is 0 Å². The molecule has 0 aromatic heterocycles. The Labute approximate surface area is 109 Å². The average molecular weight is 250 g/mol. The Morgan fingerprint density at radius 3 is 2.39 bits per heavy atom. The van der Waals surface area contributed by atoms with E-state index in [2.05, 4.69) is 17.9 Å². The number of benzene rings is 1. The number of methoxy groups -OCH3 is 2. The Hall–Kier alpha value is -1.10. The summed E-state index contributed by atoms with van der Waals surface area (Å²) >= 11 is 0. The average Bonchev–Trinajstić information content (AvgIpc) is 2.76. The summed E-state index contributed by atoms with van der Waals surface area (Å²) in [5.74, 6) is 0. The summed E-state index contributed by atoms with van der Waals surface area (Å²) in [6, 6.07) is 6.17. The van der Waals surface area contributed by atoms with Gasteiger partial charge in [-0.05, 0) is 18.6 Å². The van der Waals surface area contributed by atoms with E-state index in [-0.39, 0.29) is 12.2 Å². The molecule has 0 amide bonds. The van der Waals surface area contributed by atoms with Crippen LogP contribution in [0.4, 0.5) is 5.69 Å². The van der Waals surface area contributed by atoms with E-state index in [4.69, 9.17) is 15.2 Å². The third kappa shape index (κ3) is 2.83. The third-order valence-corrected chi connectivity index (χ3v) is 3.59. The van der Waals surface area contributed by atoms with Crippen LogP contribution in [0.1, 0.15) is 11.1 Å². The Balaban J connectivity index is 2.04. The Bertz CT molecular complexity index is 397. The van der Waals surface area contributed by atoms with Crippen LogP contribution >= 0.6 is 0 Å². The van der Waals surface area contributed by atoms with Crippen molar-refractivity contribution in [3.05, 3.63) is 29.3 Å². The van der Waals surface area contributed by atoms with E-state index < -0.39 is 0 Å². The highest BCUT2D eigenvalue weighted by Crippen LogP contribution is 2.21.